The van der Waals surface area contributed by atoms with Gasteiger partial charge in [0.15, 0.2) is 17.5 Å². The summed E-state index contributed by atoms with van der Waals surface area (Å²) in [5.74, 6) is -6.24. The van der Waals surface area contributed by atoms with Crippen LogP contribution in [0.1, 0.15) is 11.6 Å². The first-order chi connectivity index (χ1) is 13.4. The summed E-state index contributed by atoms with van der Waals surface area (Å²) in [6, 6.07) is 8.24. The third kappa shape index (κ3) is 4.44. The number of hydrazine groups is 1. The Balaban J connectivity index is 1.58. The van der Waals surface area contributed by atoms with Gasteiger partial charge in [-0.05, 0) is 29.8 Å². The van der Waals surface area contributed by atoms with Crippen molar-refractivity contribution in [3.63, 3.8) is 0 Å². The summed E-state index contributed by atoms with van der Waals surface area (Å²) in [5.41, 5.74) is 6.20. The second-order valence-corrected chi connectivity index (χ2v) is 6.59. The number of carbonyl (C=O) groups excluding carboxylic acids is 2. The van der Waals surface area contributed by atoms with Crippen molar-refractivity contribution < 1.29 is 22.8 Å². The van der Waals surface area contributed by atoms with Crippen LogP contribution in [0.2, 0.25) is 5.02 Å². The fourth-order valence-electron chi connectivity index (χ4n) is 2.84. The highest BCUT2D eigenvalue weighted by Gasteiger charge is 2.34. The van der Waals surface area contributed by atoms with E-state index in [0.717, 1.165) is 11.6 Å². The molecule has 2 amide bonds. The maximum atomic E-state index is 13.6. The van der Waals surface area contributed by atoms with Gasteiger partial charge in [-0.3, -0.25) is 15.0 Å². The Hall–Kier alpha value is -2.62. The molecule has 0 saturated carbocycles. The number of carbonyl (C=O) groups is 2. The van der Waals surface area contributed by atoms with Crippen molar-refractivity contribution in [3.05, 3.63) is 64.4 Å². The molecule has 0 aliphatic carbocycles. The number of rotatable bonds is 5. The lowest BCUT2D eigenvalue weighted by atomic mass is 9.94. The van der Waals surface area contributed by atoms with Crippen molar-refractivity contribution >= 4 is 29.1 Å². The third-order valence-electron chi connectivity index (χ3n) is 4.28. The number of amides is 2. The first-order valence-electron chi connectivity index (χ1n) is 8.31. The highest BCUT2D eigenvalue weighted by molar-refractivity contribution is 6.30. The highest BCUT2D eigenvalue weighted by Crippen LogP contribution is 2.26. The lowest BCUT2D eigenvalue weighted by Crippen LogP contribution is -2.39. The smallest absolute Gasteiger partial charge is 0.243 e. The Morgan fingerprint density at radius 1 is 1.07 bits per heavy atom. The zero-order valence-electron chi connectivity index (χ0n) is 14.4. The number of hydrogen-bond donors (Lipinski definition) is 4. The van der Waals surface area contributed by atoms with Crippen LogP contribution in [0.5, 0.6) is 0 Å². The molecule has 2 aromatic carbocycles. The number of halogens is 4. The summed E-state index contributed by atoms with van der Waals surface area (Å²) in [7, 11) is 0. The van der Waals surface area contributed by atoms with E-state index in [2.05, 4.69) is 21.5 Å². The second kappa shape index (κ2) is 8.59. The highest BCUT2D eigenvalue weighted by atomic mass is 35.5. The summed E-state index contributed by atoms with van der Waals surface area (Å²) in [4.78, 5) is 24.4. The van der Waals surface area contributed by atoms with Crippen molar-refractivity contribution in [2.45, 2.75) is 6.04 Å². The predicted molar refractivity (Wildman–Crippen MR) is 96.8 cm³/mol. The van der Waals surface area contributed by atoms with E-state index in [1.54, 1.807) is 24.3 Å². The van der Waals surface area contributed by atoms with Crippen molar-refractivity contribution in [2.75, 3.05) is 18.4 Å². The van der Waals surface area contributed by atoms with Gasteiger partial charge in [-0.15, -0.1) is 0 Å². The van der Waals surface area contributed by atoms with Gasteiger partial charge >= 0.3 is 0 Å². The van der Waals surface area contributed by atoms with Crippen molar-refractivity contribution in [1.29, 1.82) is 0 Å². The molecule has 1 saturated heterocycles. The second-order valence-electron chi connectivity index (χ2n) is 6.15. The Morgan fingerprint density at radius 2 is 1.79 bits per heavy atom. The van der Waals surface area contributed by atoms with Crippen LogP contribution in [0.25, 0.3) is 0 Å². The van der Waals surface area contributed by atoms with Crippen LogP contribution in [0.4, 0.5) is 18.9 Å². The van der Waals surface area contributed by atoms with Crippen molar-refractivity contribution in [1.82, 2.24) is 16.2 Å². The minimum absolute atomic E-state index is 0.330. The molecule has 0 aromatic heterocycles. The van der Waals surface area contributed by atoms with E-state index in [0.29, 0.717) is 17.6 Å². The van der Waals surface area contributed by atoms with E-state index < -0.39 is 47.4 Å². The van der Waals surface area contributed by atoms with E-state index in [1.807, 2.05) is 0 Å². The van der Waals surface area contributed by atoms with Gasteiger partial charge in [0.1, 0.15) is 0 Å². The molecule has 4 N–H and O–H groups in total. The molecule has 6 nitrogen and oxygen atoms in total. The van der Waals surface area contributed by atoms with Gasteiger partial charge in [0.05, 0.1) is 24.2 Å². The van der Waals surface area contributed by atoms with Crippen molar-refractivity contribution in [3.8, 4) is 0 Å². The number of nitrogens with one attached hydrogen (secondary N) is 4. The molecular weight excluding hydrogens is 397 g/mol. The van der Waals surface area contributed by atoms with Gasteiger partial charge in [-0.25, -0.2) is 18.6 Å². The molecule has 0 spiro atoms. The summed E-state index contributed by atoms with van der Waals surface area (Å²) in [6.45, 7) is -0.125. The first kappa shape index (κ1) is 20.1. The molecule has 0 radical (unpaired) electrons. The normalized spacial score (nSPS) is 18.7. The van der Waals surface area contributed by atoms with E-state index in [1.165, 1.54) is 0 Å². The molecule has 1 aliphatic rings. The zero-order valence-corrected chi connectivity index (χ0v) is 15.1. The predicted octanol–water partition coefficient (Wildman–Crippen LogP) is 2.28. The molecule has 1 heterocycles. The molecule has 148 valence electrons. The molecular formula is C18H16ClF3N4O2. The molecule has 0 bridgehead atoms. The Morgan fingerprint density at radius 3 is 2.50 bits per heavy atom. The lowest BCUT2D eigenvalue weighted by molar-refractivity contribution is -0.127. The van der Waals surface area contributed by atoms with Crippen molar-refractivity contribution in [2.24, 2.45) is 5.92 Å². The Kier molecular flexibility index (Phi) is 6.18. The maximum Gasteiger partial charge on any atom is 0.243 e. The van der Waals surface area contributed by atoms with Gasteiger partial charge < -0.3 is 10.6 Å². The van der Waals surface area contributed by atoms with E-state index in [-0.39, 0.29) is 6.04 Å². The fourth-order valence-corrected chi connectivity index (χ4v) is 2.97. The number of anilines is 1. The molecule has 28 heavy (non-hydrogen) atoms. The van der Waals surface area contributed by atoms with Gasteiger partial charge in [0, 0.05) is 11.6 Å². The quantitative estimate of drug-likeness (QED) is 0.568. The largest absolute Gasteiger partial charge is 0.347 e. The van der Waals surface area contributed by atoms with Crippen LogP contribution in [0, 0.1) is 23.4 Å². The van der Waals surface area contributed by atoms with Gasteiger partial charge in [0.25, 0.3) is 0 Å². The van der Waals surface area contributed by atoms with E-state index in [4.69, 9.17) is 11.6 Å². The third-order valence-corrected chi connectivity index (χ3v) is 4.53. The molecule has 2 atom stereocenters. The molecule has 10 heteroatoms. The van der Waals surface area contributed by atoms with E-state index >= 15 is 0 Å². The monoisotopic (exact) mass is 412 g/mol. The van der Waals surface area contributed by atoms with Crippen LogP contribution < -0.4 is 21.5 Å². The van der Waals surface area contributed by atoms with Crippen LogP contribution in [0.15, 0.2) is 36.4 Å². The van der Waals surface area contributed by atoms with Gasteiger partial charge in [0.2, 0.25) is 11.8 Å². The van der Waals surface area contributed by atoms with Gasteiger partial charge in [-0.1, -0.05) is 23.7 Å². The zero-order chi connectivity index (χ0) is 20.3. The van der Waals surface area contributed by atoms with Crippen LogP contribution in [-0.2, 0) is 9.59 Å². The van der Waals surface area contributed by atoms with E-state index in [9.17, 15) is 22.8 Å². The minimum Gasteiger partial charge on any atom is -0.347 e. The average Bonchev–Trinajstić information content (AvgIpc) is 3.17. The minimum atomic E-state index is -1.68. The number of hydrogen-bond acceptors (Lipinski definition) is 4. The molecule has 3 rings (SSSR count). The summed E-state index contributed by atoms with van der Waals surface area (Å²) >= 11 is 5.87. The lowest BCUT2D eigenvalue weighted by Gasteiger charge is -2.18. The topological polar surface area (TPSA) is 82.3 Å². The molecule has 1 aliphatic heterocycles. The van der Waals surface area contributed by atoms with Gasteiger partial charge in [-0.2, -0.15) is 0 Å². The fraction of sp³-hybridized carbons (Fsp3) is 0.222. The first-order valence-corrected chi connectivity index (χ1v) is 8.69. The summed E-state index contributed by atoms with van der Waals surface area (Å²) < 4.78 is 39.7. The Bertz CT molecular complexity index is 895. The number of benzene rings is 2. The van der Waals surface area contributed by atoms with Crippen LogP contribution in [0.3, 0.4) is 0 Å². The van der Waals surface area contributed by atoms with Crippen LogP contribution in [-0.4, -0.2) is 24.9 Å². The molecule has 2 unspecified atom stereocenters. The van der Waals surface area contributed by atoms with Crippen LogP contribution >= 0.6 is 11.6 Å². The molecule has 2 aromatic rings. The summed E-state index contributed by atoms with van der Waals surface area (Å²) in [5, 5.41) is 5.11. The maximum absolute atomic E-state index is 13.6. The average molecular weight is 413 g/mol. The SMILES string of the molecule is O=C(CNC(=O)C1CNNC1c1ccc(Cl)cc1)Nc1ccc(F)c(F)c1F. The standard InChI is InChI=1S/C18H16ClF3N4O2/c19-10-3-1-9(2-4-10)17-11(7-24-26-17)18(28)23-8-14(27)25-13-6-5-12(20)15(21)16(13)22/h1-6,11,17,24,26H,7-8H2,(H,23,28)(H,25,27). The summed E-state index contributed by atoms with van der Waals surface area (Å²) in [6.07, 6.45) is 0. The Labute approximate surface area is 163 Å². The molecule has 1 fully saturated rings.